The van der Waals surface area contributed by atoms with Crippen molar-refractivity contribution in [1.82, 2.24) is 9.29 Å². The fraction of sp³-hybridized carbons (Fsp3) is 0.250. The Bertz CT molecular complexity index is 1630. The number of fused-ring (bicyclic) bond motifs is 1. The number of carbonyl (C=O) groups excluding carboxylic acids is 2. The molecule has 0 spiro atoms. The van der Waals surface area contributed by atoms with Crippen molar-refractivity contribution in [3.63, 3.8) is 0 Å². The van der Waals surface area contributed by atoms with Gasteiger partial charge in [-0.3, -0.25) is 9.59 Å². The van der Waals surface area contributed by atoms with Gasteiger partial charge in [0.05, 0.1) is 27.2 Å². The predicted octanol–water partition coefficient (Wildman–Crippen LogP) is 5.53. The van der Waals surface area contributed by atoms with E-state index in [2.05, 4.69) is 11.1 Å². The molecule has 38 heavy (non-hydrogen) atoms. The fourth-order valence-corrected chi connectivity index (χ4v) is 7.53. The Morgan fingerprint density at radius 3 is 2.42 bits per heavy atom. The summed E-state index contributed by atoms with van der Waals surface area (Å²) in [4.78, 5) is 32.2. The van der Waals surface area contributed by atoms with Gasteiger partial charge in [0.2, 0.25) is 15.9 Å². The zero-order chi connectivity index (χ0) is 27.2. The number of imide groups is 1. The SMILES string of the molecule is CCC(C)N(C1CC(=O)N(c2ccc(-c3nc4ccc(C)cc4s3)cc2)C1=O)S(=O)(=O)c1ccc(F)cc1. The highest BCUT2D eigenvalue weighted by Gasteiger charge is 2.48. The summed E-state index contributed by atoms with van der Waals surface area (Å²) in [5, 5.41) is 0.822. The van der Waals surface area contributed by atoms with Crippen LogP contribution in [-0.4, -0.2) is 41.6 Å². The van der Waals surface area contributed by atoms with Crippen molar-refractivity contribution in [2.24, 2.45) is 0 Å². The number of aryl methyl sites for hydroxylation is 1. The molecule has 1 aromatic heterocycles. The second kappa shape index (κ2) is 10.0. The lowest BCUT2D eigenvalue weighted by Gasteiger charge is -2.31. The molecule has 1 aliphatic rings. The summed E-state index contributed by atoms with van der Waals surface area (Å²) in [6, 6.07) is 15.7. The number of benzene rings is 3. The minimum absolute atomic E-state index is 0.131. The van der Waals surface area contributed by atoms with E-state index in [0.717, 1.165) is 47.7 Å². The van der Waals surface area contributed by atoms with Crippen LogP contribution in [0.5, 0.6) is 0 Å². The van der Waals surface area contributed by atoms with Gasteiger partial charge < -0.3 is 0 Å². The number of hydrogen-bond donors (Lipinski definition) is 0. The van der Waals surface area contributed by atoms with E-state index in [0.29, 0.717) is 12.1 Å². The zero-order valence-electron chi connectivity index (χ0n) is 21.1. The summed E-state index contributed by atoms with van der Waals surface area (Å²) >= 11 is 1.56. The van der Waals surface area contributed by atoms with Crippen LogP contribution in [0.1, 0.15) is 32.3 Å². The average molecular weight is 552 g/mol. The molecule has 3 aromatic carbocycles. The highest BCUT2D eigenvalue weighted by molar-refractivity contribution is 7.89. The highest BCUT2D eigenvalue weighted by atomic mass is 32.2. The zero-order valence-corrected chi connectivity index (χ0v) is 22.7. The Kier molecular flexibility index (Phi) is 6.89. The summed E-state index contributed by atoms with van der Waals surface area (Å²) < 4.78 is 42.7. The van der Waals surface area contributed by atoms with Crippen molar-refractivity contribution >= 4 is 49.1 Å². The van der Waals surface area contributed by atoms with Gasteiger partial charge in [0.1, 0.15) is 16.9 Å². The topological polar surface area (TPSA) is 87.7 Å². The minimum Gasteiger partial charge on any atom is -0.274 e. The number of nitrogens with zero attached hydrogens (tertiary/aromatic N) is 3. The number of thiazole rings is 1. The predicted molar refractivity (Wildman–Crippen MR) is 146 cm³/mol. The minimum atomic E-state index is -4.17. The van der Waals surface area contributed by atoms with Gasteiger partial charge in [0.25, 0.3) is 5.91 Å². The highest BCUT2D eigenvalue weighted by Crippen LogP contribution is 2.34. The number of amides is 2. The van der Waals surface area contributed by atoms with Gasteiger partial charge in [0.15, 0.2) is 0 Å². The van der Waals surface area contributed by atoms with Gasteiger partial charge in [-0.1, -0.05) is 13.0 Å². The molecular formula is C28H26FN3O4S2. The number of sulfonamides is 1. The number of anilines is 1. The summed E-state index contributed by atoms with van der Waals surface area (Å²) in [5.41, 5.74) is 3.27. The molecule has 10 heteroatoms. The van der Waals surface area contributed by atoms with Crippen LogP contribution in [0.15, 0.2) is 71.6 Å². The molecule has 2 amide bonds. The number of hydrogen-bond acceptors (Lipinski definition) is 6. The van der Waals surface area contributed by atoms with Gasteiger partial charge in [-0.2, -0.15) is 4.31 Å². The smallest absolute Gasteiger partial charge is 0.252 e. The molecule has 1 aliphatic heterocycles. The van der Waals surface area contributed by atoms with Gasteiger partial charge in [0, 0.05) is 11.6 Å². The first-order valence-electron chi connectivity index (χ1n) is 12.2. The number of carbonyl (C=O) groups is 2. The van der Waals surface area contributed by atoms with Crippen molar-refractivity contribution in [3.8, 4) is 10.6 Å². The van der Waals surface area contributed by atoms with Crippen molar-refractivity contribution in [3.05, 3.63) is 78.1 Å². The molecule has 2 unspecified atom stereocenters. The first-order chi connectivity index (χ1) is 18.1. The molecule has 2 atom stereocenters. The van der Waals surface area contributed by atoms with Gasteiger partial charge in [-0.05, 0) is 86.5 Å². The van der Waals surface area contributed by atoms with E-state index in [1.54, 1.807) is 49.4 Å². The lowest BCUT2D eigenvalue weighted by atomic mass is 10.2. The normalized spacial score (nSPS) is 17.1. The Morgan fingerprint density at radius 2 is 1.76 bits per heavy atom. The first kappa shape index (κ1) is 26.1. The van der Waals surface area contributed by atoms with Crippen LogP contribution in [0.2, 0.25) is 0 Å². The van der Waals surface area contributed by atoms with Crippen molar-refractivity contribution in [2.75, 3.05) is 4.90 Å². The Balaban J connectivity index is 1.44. The molecular weight excluding hydrogens is 525 g/mol. The molecule has 0 saturated carbocycles. The number of aromatic nitrogens is 1. The van der Waals surface area contributed by atoms with Crippen molar-refractivity contribution in [2.45, 2.75) is 50.6 Å². The second-order valence-corrected chi connectivity index (χ2v) is 12.2. The summed E-state index contributed by atoms with van der Waals surface area (Å²) in [7, 11) is -4.17. The molecule has 0 radical (unpaired) electrons. The van der Waals surface area contributed by atoms with E-state index in [1.165, 1.54) is 12.1 Å². The molecule has 0 aliphatic carbocycles. The Hall–Kier alpha value is -3.47. The lowest BCUT2D eigenvalue weighted by Crippen LogP contribution is -2.49. The average Bonchev–Trinajstić information content (AvgIpc) is 3.44. The number of rotatable bonds is 7. The van der Waals surface area contributed by atoms with Crippen LogP contribution < -0.4 is 4.90 Å². The molecule has 1 fully saturated rings. The maximum atomic E-state index is 13.5. The molecule has 0 N–H and O–H groups in total. The lowest BCUT2D eigenvalue weighted by molar-refractivity contribution is -0.122. The second-order valence-electron chi connectivity index (χ2n) is 9.37. The van der Waals surface area contributed by atoms with Gasteiger partial charge >= 0.3 is 0 Å². The van der Waals surface area contributed by atoms with E-state index in [9.17, 15) is 22.4 Å². The standard InChI is InChI=1S/C28H26FN3O4S2/c1-4-18(3)32(38(35,36)22-12-8-20(29)9-13-22)24-16-26(33)31(28(24)34)21-10-6-19(7-11-21)27-30-23-14-5-17(2)15-25(23)37-27/h5-15,18,24H,4,16H2,1-3H3. The molecule has 5 rings (SSSR count). The Labute approximate surface area is 224 Å². The molecule has 196 valence electrons. The largest absolute Gasteiger partial charge is 0.274 e. The third-order valence-electron chi connectivity index (χ3n) is 6.76. The van der Waals surface area contributed by atoms with Crippen LogP contribution in [0, 0.1) is 12.7 Å². The molecule has 2 heterocycles. The van der Waals surface area contributed by atoms with E-state index < -0.39 is 39.7 Å². The quantitative estimate of drug-likeness (QED) is 0.282. The summed E-state index contributed by atoms with van der Waals surface area (Å²) in [6.45, 7) is 5.52. The van der Waals surface area contributed by atoms with Crippen LogP contribution in [0.3, 0.4) is 0 Å². The van der Waals surface area contributed by atoms with Crippen LogP contribution in [-0.2, 0) is 19.6 Å². The van der Waals surface area contributed by atoms with Crippen molar-refractivity contribution < 1.29 is 22.4 Å². The van der Waals surface area contributed by atoms with Crippen LogP contribution >= 0.6 is 11.3 Å². The fourth-order valence-electron chi connectivity index (χ4n) is 4.61. The third-order valence-corrected chi connectivity index (χ3v) is 9.87. The summed E-state index contributed by atoms with van der Waals surface area (Å²) in [5.74, 6) is -1.66. The van der Waals surface area contributed by atoms with E-state index >= 15 is 0 Å². The maximum absolute atomic E-state index is 13.5. The molecule has 1 saturated heterocycles. The van der Waals surface area contributed by atoms with Crippen LogP contribution in [0.25, 0.3) is 20.8 Å². The van der Waals surface area contributed by atoms with Crippen molar-refractivity contribution in [1.29, 1.82) is 0 Å². The molecule has 0 bridgehead atoms. The summed E-state index contributed by atoms with van der Waals surface area (Å²) in [6.07, 6.45) is 0.150. The van der Waals surface area contributed by atoms with E-state index in [4.69, 9.17) is 0 Å². The van der Waals surface area contributed by atoms with E-state index in [1.807, 2.05) is 19.1 Å². The first-order valence-corrected chi connectivity index (χ1v) is 14.5. The maximum Gasteiger partial charge on any atom is 0.252 e. The number of halogens is 1. The molecule has 4 aromatic rings. The van der Waals surface area contributed by atoms with Crippen LogP contribution in [0.4, 0.5) is 10.1 Å². The van der Waals surface area contributed by atoms with E-state index in [-0.39, 0.29) is 11.3 Å². The monoisotopic (exact) mass is 551 g/mol. The van der Waals surface area contributed by atoms with Gasteiger partial charge in [-0.25, -0.2) is 22.7 Å². The Morgan fingerprint density at radius 1 is 1.08 bits per heavy atom. The third kappa shape index (κ3) is 4.63. The molecule has 7 nitrogen and oxygen atoms in total. The van der Waals surface area contributed by atoms with Gasteiger partial charge in [-0.15, -0.1) is 11.3 Å².